The second-order valence-corrected chi connectivity index (χ2v) is 7.56. The Kier molecular flexibility index (Phi) is 5.97. The van der Waals surface area contributed by atoms with Crippen LogP contribution in [-0.2, 0) is 0 Å². The maximum Gasteiger partial charge on any atom is 0.106 e. The molecule has 96 valence electrons. The summed E-state index contributed by atoms with van der Waals surface area (Å²) < 4.78 is 4.71. The van der Waals surface area contributed by atoms with Gasteiger partial charge in [0.05, 0.1) is 0 Å². The van der Waals surface area contributed by atoms with E-state index in [1.807, 2.05) is 6.20 Å². The van der Waals surface area contributed by atoms with Crippen molar-refractivity contribution in [1.82, 2.24) is 9.71 Å². The molecule has 17 heavy (non-hydrogen) atoms. The van der Waals surface area contributed by atoms with Crippen LogP contribution in [0.2, 0.25) is 0 Å². The molecule has 1 rings (SSSR count). The fourth-order valence-corrected chi connectivity index (χ4v) is 2.60. The van der Waals surface area contributed by atoms with E-state index in [2.05, 4.69) is 65.5 Å². The first kappa shape index (κ1) is 15.0. The number of hydrogen-bond donors (Lipinski definition) is 1. The highest BCUT2D eigenvalue weighted by Gasteiger charge is 2.16. The average molecular weight is 317 g/mol. The van der Waals surface area contributed by atoms with Gasteiger partial charge in [-0.05, 0) is 60.8 Å². The molecule has 1 heterocycles. The lowest BCUT2D eigenvalue weighted by Gasteiger charge is -2.24. The molecule has 1 aromatic heterocycles. The molecule has 0 bridgehead atoms. The van der Waals surface area contributed by atoms with Crippen LogP contribution in [0.15, 0.2) is 22.9 Å². The van der Waals surface area contributed by atoms with Crippen molar-refractivity contribution < 1.29 is 0 Å². The number of hydrogen-bond acceptors (Lipinski definition) is 3. The number of nitrogens with one attached hydrogen (secondary N) is 1. The van der Waals surface area contributed by atoms with Crippen LogP contribution < -0.4 is 4.72 Å². The lowest BCUT2D eigenvalue weighted by atomic mass is 10.1. The van der Waals surface area contributed by atoms with E-state index in [9.17, 15) is 0 Å². The highest BCUT2D eigenvalue weighted by molar-refractivity contribution is 9.10. The Labute approximate surface area is 117 Å². The summed E-state index contributed by atoms with van der Waals surface area (Å²) in [7, 11) is 0. The molecule has 0 aliphatic heterocycles. The third kappa shape index (κ3) is 5.89. The largest absolute Gasteiger partial charge is 0.256 e. The maximum absolute atomic E-state index is 4.17. The Balaban J connectivity index is 2.71. The first-order chi connectivity index (χ1) is 7.92. The van der Waals surface area contributed by atoms with Crippen molar-refractivity contribution in [2.75, 3.05) is 0 Å². The Morgan fingerprint density at radius 3 is 2.71 bits per heavy atom. The second kappa shape index (κ2) is 6.76. The van der Waals surface area contributed by atoms with Gasteiger partial charge in [0.2, 0.25) is 0 Å². The molecule has 0 radical (unpaired) electrons. The summed E-state index contributed by atoms with van der Waals surface area (Å²) in [6.45, 7) is 8.87. The van der Waals surface area contributed by atoms with Crippen LogP contribution in [0.25, 0.3) is 0 Å². The fourth-order valence-electron chi connectivity index (χ4n) is 1.46. The predicted molar refractivity (Wildman–Crippen MR) is 80.1 cm³/mol. The zero-order valence-corrected chi connectivity index (χ0v) is 13.4. The minimum absolute atomic E-state index is 0.232. The van der Waals surface area contributed by atoms with Crippen molar-refractivity contribution >= 4 is 27.9 Å². The quantitative estimate of drug-likeness (QED) is 0.628. The van der Waals surface area contributed by atoms with E-state index in [1.54, 1.807) is 11.9 Å². The molecule has 1 aromatic rings. The molecule has 0 saturated heterocycles. The van der Waals surface area contributed by atoms with Gasteiger partial charge in [-0.2, -0.15) is 0 Å². The SMILES string of the molecule is CCCC(NSC(C)(C)C)c1ccnc(Br)c1. The molecule has 0 aliphatic rings. The number of halogens is 1. The summed E-state index contributed by atoms with van der Waals surface area (Å²) >= 11 is 5.22. The Morgan fingerprint density at radius 2 is 2.18 bits per heavy atom. The van der Waals surface area contributed by atoms with Gasteiger partial charge in [-0.3, -0.25) is 4.72 Å². The molecule has 0 aliphatic carbocycles. The van der Waals surface area contributed by atoms with E-state index < -0.39 is 0 Å². The van der Waals surface area contributed by atoms with E-state index >= 15 is 0 Å². The van der Waals surface area contributed by atoms with Gasteiger partial charge in [0.25, 0.3) is 0 Å². The molecular formula is C13H21BrN2S. The van der Waals surface area contributed by atoms with Crippen LogP contribution in [0.5, 0.6) is 0 Å². The monoisotopic (exact) mass is 316 g/mol. The minimum atomic E-state index is 0.232. The van der Waals surface area contributed by atoms with Crippen molar-refractivity contribution in [2.24, 2.45) is 0 Å². The predicted octanol–water partition coefficient (Wildman–Crippen LogP) is 4.72. The zero-order valence-electron chi connectivity index (χ0n) is 11.0. The standard InChI is InChI=1S/C13H21BrN2S/c1-5-6-11(16-17-13(2,3)4)10-7-8-15-12(14)9-10/h7-9,11,16H,5-6H2,1-4H3. The Hall–Kier alpha value is -0.0600. The van der Waals surface area contributed by atoms with Crippen LogP contribution in [0.1, 0.15) is 52.1 Å². The van der Waals surface area contributed by atoms with Gasteiger partial charge in [-0.15, -0.1) is 0 Å². The molecule has 1 atom stereocenters. The van der Waals surface area contributed by atoms with E-state index in [1.165, 1.54) is 12.0 Å². The van der Waals surface area contributed by atoms with Crippen LogP contribution in [-0.4, -0.2) is 9.73 Å². The molecular weight excluding hydrogens is 296 g/mol. The number of rotatable bonds is 5. The molecule has 0 fully saturated rings. The van der Waals surface area contributed by atoms with Crippen molar-refractivity contribution in [3.8, 4) is 0 Å². The van der Waals surface area contributed by atoms with Gasteiger partial charge in [0.1, 0.15) is 4.60 Å². The Bertz CT molecular complexity index is 350. The van der Waals surface area contributed by atoms with Crippen molar-refractivity contribution in [3.05, 3.63) is 28.5 Å². The molecule has 1 N–H and O–H groups in total. The summed E-state index contributed by atoms with van der Waals surface area (Å²) in [4.78, 5) is 4.17. The number of nitrogens with zero attached hydrogens (tertiary/aromatic N) is 1. The second-order valence-electron chi connectivity index (χ2n) is 5.09. The van der Waals surface area contributed by atoms with E-state index in [4.69, 9.17) is 0 Å². The summed E-state index contributed by atoms with van der Waals surface area (Å²) in [5.74, 6) is 0. The van der Waals surface area contributed by atoms with Crippen molar-refractivity contribution in [1.29, 1.82) is 0 Å². The lowest BCUT2D eigenvalue weighted by molar-refractivity contribution is 0.595. The van der Waals surface area contributed by atoms with Gasteiger partial charge in [-0.25, -0.2) is 4.98 Å². The van der Waals surface area contributed by atoms with Gasteiger partial charge in [-0.1, -0.05) is 25.3 Å². The number of aromatic nitrogens is 1. The first-order valence-electron chi connectivity index (χ1n) is 5.97. The van der Waals surface area contributed by atoms with E-state index in [0.717, 1.165) is 11.0 Å². The molecule has 4 heteroatoms. The van der Waals surface area contributed by atoms with Gasteiger partial charge >= 0.3 is 0 Å². The Morgan fingerprint density at radius 1 is 1.47 bits per heavy atom. The summed E-state index contributed by atoms with van der Waals surface area (Å²) in [6, 6.07) is 4.57. The first-order valence-corrected chi connectivity index (χ1v) is 7.58. The lowest BCUT2D eigenvalue weighted by Crippen LogP contribution is -2.21. The van der Waals surface area contributed by atoms with E-state index in [-0.39, 0.29) is 4.75 Å². The van der Waals surface area contributed by atoms with Crippen LogP contribution >= 0.6 is 27.9 Å². The molecule has 0 amide bonds. The zero-order chi connectivity index (χ0) is 12.9. The summed E-state index contributed by atoms with van der Waals surface area (Å²) in [6.07, 6.45) is 4.16. The third-order valence-electron chi connectivity index (χ3n) is 2.24. The van der Waals surface area contributed by atoms with Gasteiger partial charge < -0.3 is 0 Å². The third-order valence-corrected chi connectivity index (χ3v) is 3.69. The fraction of sp³-hybridized carbons (Fsp3) is 0.615. The van der Waals surface area contributed by atoms with Gasteiger partial charge in [0.15, 0.2) is 0 Å². The smallest absolute Gasteiger partial charge is 0.106 e. The molecule has 0 spiro atoms. The van der Waals surface area contributed by atoms with E-state index in [0.29, 0.717) is 6.04 Å². The normalized spacial score (nSPS) is 13.7. The minimum Gasteiger partial charge on any atom is -0.256 e. The molecule has 2 nitrogen and oxygen atoms in total. The van der Waals surface area contributed by atoms with Crippen LogP contribution in [0.4, 0.5) is 0 Å². The van der Waals surface area contributed by atoms with Crippen molar-refractivity contribution in [2.45, 2.75) is 51.3 Å². The molecule has 1 unspecified atom stereocenters. The molecule has 0 aromatic carbocycles. The highest BCUT2D eigenvalue weighted by Crippen LogP contribution is 2.27. The summed E-state index contributed by atoms with van der Waals surface area (Å²) in [5.41, 5.74) is 1.30. The average Bonchev–Trinajstić information content (AvgIpc) is 2.23. The van der Waals surface area contributed by atoms with Gasteiger partial charge in [0, 0.05) is 17.0 Å². The topological polar surface area (TPSA) is 24.9 Å². The highest BCUT2D eigenvalue weighted by atomic mass is 79.9. The summed E-state index contributed by atoms with van der Waals surface area (Å²) in [5, 5.41) is 0. The maximum atomic E-state index is 4.17. The molecule has 0 saturated carbocycles. The van der Waals surface area contributed by atoms with Crippen LogP contribution in [0, 0.1) is 0 Å². The van der Waals surface area contributed by atoms with Crippen LogP contribution in [0.3, 0.4) is 0 Å². The number of pyridine rings is 1. The van der Waals surface area contributed by atoms with Crippen molar-refractivity contribution in [3.63, 3.8) is 0 Å².